The number of hydrogen-bond donors (Lipinski definition) is 0. The van der Waals surface area contributed by atoms with Crippen molar-refractivity contribution in [3.8, 4) is 0 Å². The van der Waals surface area contributed by atoms with E-state index in [9.17, 15) is 9.59 Å². The molecule has 0 atom stereocenters. The van der Waals surface area contributed by atoms with E-state index in [1.165, 1.54) is 18.9 Å². The van der Waals surface area contributed by atoms with Crippen LogP contribution in [0.5, 0.6) is 0 Å². The number of carbonyl (C=O) groups is 2. The average Bonchev–Trinajstić information content (AvgIpc) is 2.77. The van der Waals surface area contributed by atoms with Crippen molar-refractivity contribution in [2.45, 2.75) is 17.6 Å². The quantitative estimate of drug-likeness (QED) is 0.573. The van der Waals surface area contributed by atoms with Gasteiger partial charge in [-0.1, -0.05) is 4.49 Å². The molecule has 1 aromatic heterocycles. The Morgan fingerprint density at radius 1 is 1.47 bits per heavy atom. The van der Waals surface area contributed by atoms with Crippen LogP contribution in [0.3, 0.4) is 0 Å². The Labute approximate surface area is 107 Å². The van der Waals surface area contributed by atoms with Crippen molar-refractivity contribution < 1.29 is 19.1 Å². The van der Waals surface area contributed by atoms with Gasteiger partial charge in [0.05, 0.1) is 20.1 Å². The summed E-state index contributed by atoms with van der Waals surface area (Å²) in [6.07, 6.45) is 0.279. The molecule has 0 spiro atoms. The molecule has 94 valence electrons. The van der Waals surface area contributed by atoms with Gasteiger partial charge in [-0.25, -0.2) is 4.79 Å². The largest absolute Gasteiger partial charge is 0.469 e. The SMILES string of the molecule is CCOC(=O)c1nnsc1SCCC(=O)OC. The van der Waals surface area contributed by atoms with Gasteiger partial charge in [-0.2, -0.15) is 0 Å². The van der Waals surface area contributed by atoms with Crippen molar-refractivity contribution in [3.63, 3.8) is 0 Å². The normalized spacial score (nSPS) is 10.0. The molecule has 17 heavy (non-hydrogen) atoms. The van der Waals surface area contributed by atoms with E-state index in [-0.39, 0.29) is 18.1 Å². The fraction of sp³-hybridized carbons (Fsp3) is 0.556. The van der Waals surface area contributed by atoms with Gasteiger partial charge in [0.2, 0.25) is 0 Å². The Balaban J connectivity index is 2.51. The first-order valence-electron chi connectivity index (χ1n) is 4.88. The monoisotopic (exact) mass is 276 g/mol. The van der Waals surface area contributed by atoms with Crippen LogP contribution in [0.4, 0.5) is 0 Å². The van der Waals surface area contributed by atoms with Gasteiger partial charge in [0.15, 0.2) is 5.69 Å². The highest BCUT2D eigenvalue weighted by atomic mass is 32.2. The predicted octanol–water partition coefficient (Wildman–Crippen LogP) is 1.37. The smallest absolute Gasteiger partial charge is 0.361 e. The fourth-order valence-corrected chi connectivity index (χ4v) is 2.61. The van der Waals surface area contributed by atoms with E-state index in [4.69, 9.17) is 4.74 Å². The van der Waals surface area contributed by atoms with Crippen molar-refractivity contribution in [1.82, 2.24) is 9.59 Å². The molecule has 0 unspecified atom stereocenters. The third-order valence-electron chi connectivity index (χ3n) is 1.69. The van der Waals surface area contributed by atoms with Crippen LogP contribution in [-0.2, 0) is 14.3 Å². The Hall–Kier alpha value is -1.15. The Bertz CT molecular complexity index is 394. The van der Waals surface area contributed by atoms with Crippen LogP contribution >= 0.6 is 23.3 Å². The number of thioether (sulfide) groups is 1. The predicted molar refractivity (Wildman–Crippen MR) is 63.2 cm³/mol. The average molecular weight is 276 g/mol. The maximum atomic E-state index is 11.5. The molecule has 0 amide bonds. The van der Waals surface area contributed by atoms with Crippen molar-refractivity contribution >= 4 is 35.2 Å². The molecule has 0 aliphatic heterocycles. The lowest BCUT2D eigenvalue weighted by atomic mass is 10.5. The first-order chi connectivity index (χ1) is 8.19. The second kappa shape index (κ2) is 7.23. The number of nitrogens with zero attached hydrogens (tertiary/aromatic N) is 2. The molecule has 1 rings (SSSR count). The molecule has 0 aliphatic rings. The fourth-order valence-electron chi connectivity index (χ4n) is 0.930. The van der Waals surface area contributed by atoms with E-state index in [1.807, 2.05) is 0 Å². The van der Waals surface area contributed by atoms with Crippen LogP contribution in [0, 0.1) is 0 Å². The number of esters is 2. The topological polar surface area (TPSA) is 78.4 Å². The van der Waals surface area contributed by atoms with Crippen LogP contribution in [0.15, 0.2) is 4.21 Å². The molecule has 0 saturated carbocycles. The summed E-state index contributed by atoms with van der Waals surface area (Å²) in [5, 5.41) is 3.71. The van der Waals surface area contributed by atoms with Gasteiger partial charge in [0.25, 0.3) is 0 Å². The highest BCUT2D eigenvalue weighted by Crippen LogP contribution is 2.26. The van der Waals surface area contributed by atoms with Crippen molar-refractivity contribution in [1.29, 1.82) is 0 Å². The molecule has 0 fully saturated rings. The van der Waals surface area contributed by atoms with E-state index < -0.39 is 5.97 Å². The molecule has 0 aliphatic carbocycles. The zero-order valence-electron chi connectivity index (χ0n) is 9.47. The van der Waals surface area contributed by atoms with Gasteiger partial charge in [-0.15, -0.1) is 16.9 Å². The molecule has 1 heterocycles. The summed E-state index contributed by atoms with van der Waals surface area (Å²) < 4.78 is 13.7. The summed E-state index contributed by atoms with van der Waals surface area (Å²) in [4.78, 5) is 22.4. The van der Waals surface area contributed by atoms with Gasteiger partial charge in [-0.05, 0) is 18.5 Å². The number of methoxy groups -OCH3 is 1. The minimum atomic E-state index is -0.484. The van der Waals surface area contributed by atoms with Gasteiger partial charge in [0.1, 0.15) is 4.21 Å². The Morgan fingerprint density at radius 3 is 2.88 bits per heavy atom. The van der Waals surface area contributed by atoms with Gasteiger partial charge < -0.3 is 9.47 Å². The summed E-state index contributed by atoms with van der Waals surface area (Å²) >= 11 is 2.46. The number of hydrogen-bond acceptors (Lipinski definition) is 8. The number of ether oxygens (including phenoxy) is 2. The summed E-state index contributed by atoms with van der Waals surface area (Å²) in [6, 6.07) is 0. The van der Waals surface area contributed by atoms with Crippen molar-refractivity contribution in [3.05, 3.63) is 5.69 Å². The lowest BCUT2D eigenvalue weighted by molar-refractivity contribution is -0.140. The van der Waals surface area contributed by atoms with Crippen LogP contribution in [-0.4, -0.2) is 41.0 Å². The summed E-state index contributed by atoms with van der Waals surface area (Å²) in [5.41, 5.74) is 0.215. The number of rotatable bonds is 6. The van der Waals surface area contributed by atoms with E-state index in [0.717, 1.165) is 11.5 Å². The van der Waals surface area contributed by atoms with Crippen LogP contribution in [0.25, 0.3) is 0 Å². The second-order valence-electron chi connectivity index (χ2n) is 2.80. The van der Waals surface area contributed by atoms with E-state index in [1.54, 1.807) is 6.92 Å². The molecule has 0 radical (unpaired) electrons. The lowest BCUT2D eigenvalue weighted by Gasteiger charge is -2.00. The zero-order valence-corrected chi connectivity index (χ0v) is 11.1. The first kappa shape index (κ1) is 13.9. The highest BCUT2D eigenvalue weighted by Gasteiger charge is 2.18. The van der Waals surface area contributed by atoms with Gasteiger partial charge >= 0.3 is 11.9 Å². The maximum Gasteiger partial charge on any atom is 0.361 e. The second-order valence-corrected chi connectivity index (χ2v) is 4.92. The van der Waals surface area contributed by atoms with Crippen LogP contribution in [0.1, 0.15) is 23.8 Å². The number of aromatic nitrogens is 2. The first-order valence-corrected chi connectivity index (χ1v) is 6.64. The van der Waals surface area contributed by atoms with E-state index in [0.29, 0.717) is 16.6 Å². The van der Waals surface area contributed by atoms with Crippen molar-refractivity contribution in [2.75, 3.05) is 19.5 Å². The molecule has 0 N–H and O–H groups in total. The minimum absolute atomic E-state index is 0.215. The van der Waals surface area contributed by atoms with E-state index >= 15 is 0 Å². The minimum Gasteiger partial charge on any atom is -0.469 e. The summed E-state index contributed by atoms with van der Waals surface area (Å²) in [5.74, 6) is -0.252. The third kappa shape index (κ3) is 4.31. The summed E-state index contributed by atoms with van der Waals surface area (Å²) in [7, 11) is 1.34. The van der Waals surface area contributed by atoms with Gasteiger partial charge in [0, 0.05) is 5.75 Å². The lowest BCUT2D eigenvalue weighted by Crippen LogP contribution is -2.06. The van der Waals surface area contributed by atoms with Crippen LogP contribution < -0.4 is 0 Å². The van der Waals surface area contributed by atoms with Gasteiger partial charge in [-0.3, -0.25) is 4.79 Å². The van der Waals surface area contributed by atoms with E-state index in [2.05, 4.69) is 14.3 Å². The molecule has 0 aromatic carbocycles. The molecular formula is C9H12N2O4S2. The molecule has 6 nitrogen and oxygen atoms in total. The molecule has 0 saturated heterocycles. The Morgan fingerprint density at radius 2 is 2.24 bits per heavy atom. The standard InChI is InChI=1S/C9H12N2O4S2/c1-3-15-8(13)7-9(17-11-10-7)16-5-4-6(12)14-2/h3-5H2,1-2H3. The molecule has 8 heteroatoms. The van der Waals surface area contributed by atoms with Crippen molar-refractivity contribution in [2.24, 2.45) is 0 Å². The Kier molecular flexibility index (Phi) is 5.92. The summed E-state index contributed by atoms with van der Waals surface area (Å²) in [6.45, 7) is 2.02. The number of carbonyl (C=O) groups excluding carboxylic acids is 2. The third-order valence-corrected chi connectivity index (χ3v) is 3.66. The highest BCUT2D eigenvalue weighted by molar-refractivity contribution is 8.01. The zero-order chi connectivity index (χ0) is 12.7. The molecule has 0 bridgehead atoms. The maximum absolute atomic E-state index is 11.5. The molecular weight excluding hydrogens is 264 g/mol. The van der Waals surface area contributed by atoms with Crippen LogP contribution in [0.2, 0.25) is 0 Å². The molecule has 1 aromatic rings.